The second-order valence-electron chi connectivity index (χ2n) is 7.01. The molecule has 7 nitrogen and oxygen atoms in total. The number of benzene rings is 1. The number of rotatable bonds is 6. The number of fused-ring (bicyclic) bond motifs is 1. The first kappa shape index (κ1) is 19.1. The van der Waals surface area contributed by atoms with Gasteiger partial charge in [-0.1, -0.05) is 12.1 Å². The molecule has 3 rings (SSSR count). The highest BCUT2D eigenvalue weighted by Gasteiger charge is 2.57. The van der Waals surface area contributed by atoms with E-state index in [0.29, 0.717) is 6.61 Å². The van der Waals surface area contributed by atoms with E-state index in [4.69, 9.17) is 28.4 Å². The molecule has 0 bridgehead atoms. The summed E-state index contributed by atoms with van der Waals surface area (Å²) in [6, 6.07) is 7.63. The number of methoxy groups -OCH3 is 1. The van der Waals surface area contributed by atoms with Gasteiger partial charge in [0.15, 0.2) is 12.1 Å². The van der Waals surface area contributed by atoms with Gasteiger partial charge in [0.25, 0.3) is 0 Å². The fourth-order valence-electron chi connectivity index (χ4n) is 3.31. The van der Waals surface area contributed by atoms with Crippen LogP contribution in [0.4, 0.5) is 0 Å². The van der Waals surface area contributed by atoms with Gasteiger partial charge in [0.05, 0.1) is 13.7 Å². The summed E-state index contributed by atoms with van der Waals surface area (Å²) in [5.41, 5.74) is 0.992. The summed E-state index contributed by atoms with van der Waals surface area (Å²) in [6.07, 6.45) is -2.30. The van der Waals surface area contributed by atoms with Crippen molar-refractivity contribution in [2.24, 2.45) is 0 Å². The van der Waals surface area contributed by atoms with Crippen LogP contribution in [-0.2, 0) is 35.1 Å². The monoisotopic (exact) mass is 366 g/mol. The van der Waals surface area contributed by atoms with Crippen molar-refractivity contribution in [2.75, 3.05) is 7.11 Å². The molecule has 1 aromatic carbocycles. The summed E-state index contributed by atoms with van der Waals surface area (Å²) < 4.78 is 34.3. The van der Waals surface area contributed by atoms with Gasteiger partial charge < -0.3 is 28.4 Å². The Morgan fingerprint density at radius 2 is 1.92 bits per heavy atom. The topological polar surface area (TPSA) is 72.5 Å². The minimum Gasteiger partial charge on any atom is -0.497 e. The van der Waals surface area contributed by atoms with Gasteiger partial charge in [-0.15, -0.1) is 0 Å². The van der Waals surface area contributed by atoms with Crippen molar-refractivity contribution in [1.29, 1.82) is 0 Å². The Kier molecular flexibility index (Phi) is 5.53. The predicted molar refractivity (Wildman–Crippen MR) is 91.5 cm³/mol. The Bertz CT molecular complexity index is 627. The molecule has 0 aliphatic carbocycles. The summed E-state index contributed by atoms with van der Waals surface area (Å²) >= 11 is 0. The largest absolute Gasteiger partial charge is 0.497 e. The molecule has 1 aromatic rings. The van der Waals surface area contributed by atoms with Crippen LogP contribution >= 0.6 is 0 Å². The van der Waals surface area contributed by atoms with Gasteiger partial charge >= 0.3 is 5.97 Å². The van der Waals surface area contributed by atoms with Crippen molar-refractivity contribution in [3.63, 3.8) is 0 Å². The minimum atomic E-state index is -0.743. The number of carbonyl (C=O) groups excluding carboxylic acids is 1. The first-order chi connectivity index (χ1) is 12.3. The quantitative estimate of drug-likeness (QED) is 0.716. The van der Waals surface area contributed by atoms with Crippen LogP contribution in [0.2, 0.25) is 0 Å². The van der Waals surface area contributed by atoms with E-state index < -0.39 is 30.4 Å². The molecule has 0 N–H and O–H groups in total. The van der Waals surface area contributed by atoms with Gasteiger partial charge in [-0.2, -0.15) is 0 Å². The summed E-state index contributed by atoms with van der Waals surface area (Å²) in [7, 11) is 1.63. The molecule has 5 atom stereocenters. The number of ether oxygens (including phenoxy) is 6. The molecule has 0 aromatic heterocycles. The van der Waals surface area contributed by atoms with Crippen molar-refractivity contribution in [2.45, 2.75) is 70.8 Å². The molecule has 0 unspecified atom stereocenters. The van der Waals surface area contributed by atoms with E-state index in [1.54, 1.807) is 14.0 Å². The maximum atomic E-state index is 11.3. The van der Waals surface area contributed by atoms with Gasteiger partial charge in [-0.25, -0.2) is 0 Å². The molecule has 7 heteroatoms. The Hall–Kier alpha value is -1.67. The number of hydrogen-bond acceptors (Lipinski definition) is 7. The molecule has 2 fully saturated rings. The minimum absolute atomic E-state index is 0.366. The third-order valence-electron chi connectivity index (χ3n) is 4.44. The van der Waals surface area contributed by atoms with E-state index in [1.165, 1.54) is 6.92 Å². The van der Waals surface area contributed by atoms with E-state index in [1.807, 2.05) is 38.1 Å². The lowest BCUT2D eigenvalue weighted by atomic mass is 10.1. The number of carbonyl (C=O) groups is 1. The van der Waals surface area contributed by atoms with Gasteiger partial charge in [0.2, 0.25) is 0 Å². The maximum absolute atomic E-state index is 11.3. The molecular weight excluding hydrogens is 340 g/mol. The molecule has 0 spiro atoms. The second-order valence-corrected chi connectivity index (χ2v) is 7.01. The molecule has 2 heterocycles. The van der Waals surface area contributed by atoms with Crippen LogP contribution in [0.1, 0.15) is 33.3 Å². The van der Waals surface area contributed by atoms with E-state index in [9.17, 15) is 4.79 Å². The maximum Gasteiger partial charge on any atom is 0.302 e. The highest BCUT2D eigenvalue weighted by atomic mass is 16.8. The van der Waals surface area contributed by atoms with Crippen molar-refractivity contribution in [3.8, 4) is 5.75 Å². The van der Waals surface area contributed by atoms with Crippen LogP contribution in [-0.4, -0.2) is 49.6 Å². The highest BCUT2D eigenvalue weighted by molar-refractivity contribution is 5.66. The van der Waals surface area contributed by atoms with Gasteiger partial charge in [0, 0.05) is 6.92 Å². The fourth-order valence-corrected chi connectivity index (χ4v) is 3.31. The Morgan fingerprint density at radius 1 is 1.23 bits per heavy atom. The smallest absolute Gasteiger partial charge is 0.302 e. The Labute approximate surface area is 153 Å². The molecule has 2 aliphatic rings. The van der Waals surface area contributed by atoms with E-state index in [2.05, 4.69) is 0 Å². The lowest BCUT2D eigenvalue weighted by Gasteiger charge is -2.29. The average Bonchev–Trinajstić information content (AvgIpc) is 3.04. The Morgan fingerprint density at radius 3 is 2.54 bits per heavy atom. The lowest BCUT2D eigenvalue weighted by Crippen LogP contribution is -2.43. The molecule has 2 saturated heterocycles. The molecule has 0 amide bonds. The summed E-state index contributed by atoms with van der Waals surface area (Å²) in [5, 5.41) is 0. The van der Waals surface area contributed by atoms with Crippen molar-refractivity contribution >= 4 is 5.97 Å². The highest BCUT2D eigenvalue weighted by Crippen LogP contribution is 2.40. The molecular formula is C19H26O7. The second kappa shape index (κ2) is 7.52. The van der Waals surface area contributed by atoms with E-state index in [-0.39, 0.29) is 12.1 Å². The number of hydrogen-bond donors (Lipinski definition) is 0. The first-order valence-corrected chi connectivity index (χ1v) is 8.72. The lowest BCUT2D eigenvalue weighted by molar-refractivity contribution is -0.232. The van der Waals surface area contributed by atoms with Gasteiger partial charge in [-0.05, 0) is 38.5 Å². The van der Waals surface area contributed by atoms with Crippen LogP contribution < -0.4 is 4.74 Å². The van der Waals surface area contributed by atoms with Crippen molar-refractivity contribution in [1.82, 2.24) is 0 Å². The molecule has 0 saturated carbocycles. The summed E-state index contributed by atoms with van der Waals surface area (Å²) in [6.45, 7) is 7.19. The molecule has 144 valence electrons. The zero-order valence-corrected chi connectivity index (χ0v) is 15.8. The zero-order valence-electron chi connectivity index (χ0n) is 15.8. The number of esters is 1. The van der Waals surface area contributed by atoms with Crippen LogP contribution in [0.25, 0.3) is 0 Å². The molecule has 2 aliphatic heterocycles. The normalized spacial score (nSPS) is 30.7. The molecule has 0 radical (unpaired) electrons. The van der Waals surface area contributed by atoms with Crippen LogP contribution in [0.3, 0.4) is 0 Å². The Balaban J connectivity index is 1.71. The van der Waals surface area contributed by atoms with Crippen molar-refractivity contribution < 1.29 is 33.2 Å². The third kappa shape index (κ3) is 4.17. The van der Waals surface area contributed by atoms with Crippen LogP contribution in [0, 0.1) is 0 Å². The zero-order chi connectivity index (χ0) is 18.9. The fraction of sp³-hybridized carbons (Fsp3) is 0.632. The van der Waals surface area contributed by atoms with E-state index >= 15 is 0 Å². The first-order valence-electron chi connectivity index (χ1n) is 8.72. The van der Waals surface area contributed by atoms with Crippen LogP contribution in [0.5, 0.6) is 5.75 Å². The van der Waals surface area contributed by atoms with Crippen molar-refractivity contribution in [3.05, 3.63) is 29.8 Å². The van der Waals surface area contributed by atoms with E-state index in [0.717, 1.165) is 11.3 Å². The standard InChI is InChI=1S/C19H26O7/c1-11(23-12(2)20)15-16(17-18(24-15)26-19(3,4)25-17)22-10-13-6-8-14(21-5)9-7-13/h6-9,11,15-18H,10H2,1-5H3/t11-,15-,16+,17-,18-/m1/s1. The molecule has 26 heavy (non-hydrogen) atoms. The predicted octanol–water partition coefficient (Wildman–Crippen LogP) is 2.41. The summed E-state index contributed by atoms with van der Waals surface area (Å²) in [5.74, 6) is -0.324. The van der Waals surface area contributed by atoms with Crippen LogP contribution in [0.15, 0.2) is 24.3 Å². The summed E-state index contributed by atoms with van der Waals surface area (Å²) in [4.78, 5) is 11.3. The van der Waals surface area contributed by atoms with Gasteiger partial charge in [0.1, 0.15) is 30.2 Å². The SMILES string of the molecule is COc1ccc(CO[C@@H]2[C@H]3OC(C)(C)O[C@H]3O[C@@H]2[C@@H](C)OC(C)=O)cc1. The third-order valence-corrected chi connectivity index (χ3v) is 4.44. The average molecular weight is 366 g/mol. The van der Waals surface area contributed by atoms with Gasteiger partial charge in [-0.3, -0.25) is 4.79 Å².